The molecule has 1 aliphatic heterocycles. The summed E-state index contributed by atoms with van der Waals surface area (Å²) >= 11 is 3.47. The fourth-order valence-electron chi connectivity index (χ4n) is 2.37. The third-order valence-corrected chi connectivity index (χ3v) is 3.99. The Labute approximate surface area is 121 Å². The minimum absolute atomic E-state index is 0.196. The molecule has 0 unspecified atom stereocenters. The molecule has 1 aromatic rings. The van der Waals surface area contributed by atoms with Crippen molar-refractivity contribution in [2.45, 2.75) is 6.92 Å². The van der Waals surface area contributed by atoms with E-state index in [0.717, 1.165) is 10.2 Å². The van der Waals surface area contributed by atoms with Crippen molar-refractivity contribution in [2.75, 3.05) is 38.8 Å². The number of nitrogens with zero attached hydrogens (tertiary/aromatic N) is 1. The van der Waals surface area contributed by atoms with Crippen molar-refractivity contribution >= 4 is 27.6 Å². The molecule has 19 heavy (non-hydrogen) atoms. The van der Waals surface area contributed by atoms with Gasteiger partial charge in [-0.15, -0.1) is 0 Å². The van der Waals surface area contributed by atoms with Gasteiger partial charge in [-0.25, -0.2) is 0 Å². The zero-order valence-corrected chi connectivity index (χ0v) is 13.0. The van der Waals surface area contributed by atoms with E-state index >= 15 is 0 Å². The predicted molar refractivity (Wildman–Crippen MR) is 77.4 cm³/mol. The molecule has 0 bridgehead atoms. The van der Waals surface area contributed by atoms with E-state index in [1.807, 2.05) is 13.1 Å². The van der Waals surface area contributed by atoms with E-state index in [0.29, 0.717) is 19.8 Å². The second kappa shape index (κ2) is 5.51. The number of aryl methyl sites for hydroxylation is 1. The van der Waals surface area contributed by atoms with Crippen LogP contribution in [-0.2, 0) is 14.3 Å². The predicted octanol–water partition coefficient (Wildman–Crippen LogP) is 2.38. The maximum absolute atomic E-state index is 11.9. The van der Waals surface area contributed by atoms with E-state index < -0.39 is 5.41 Å². The van der Waals surface area contributed by atoms with Gasteiger partial charge in [0, 0.05) is 23.8 Å². The highest BCUT2D eigenvalue weighted by Crippen LogP contribution is 2.33. The number of carbonyl (C=O) groups is 1. The van der Waals surface area contributed by atoms with Gasteiger partial charge in [0.2, 0.25) is 0 Å². The number of esters is 1. The van der Waals surface area contributed by atoms with Crippen LogP contribution in [0, 0.1) is 12.3 Å². The lowest BCUT2D eigenvalue weighted by Crippen LogP contribution is -2.56. The first kappa shape index (κ1) is 14.3. The average Bonchev–Trinajstić information content (AvgIpc) is 2.35. The molecular weight excluding hydrogens is 310 g/mol. The van der Waals surface area contributed by atoms with E-state index in [-0.39, 0.29) is 5.97 Å². The normalized spacial score (nSPS) is 16.6. The average molecular weight is 328 g/mol. The van der Waals surface area contributed by atoms with Gasteiger partial charge >= 0.3 is 5.97 Å². The fourth-order valence-corrected chi connectivity index (χ4v) is 2.72. The van der Waals surface area contributed by atoms with Crippen molar-refractivity contribution in [2.24, 2.45) is 5.41 Å². The van der Waals surface area contributed by atoms with Gasteiger partial charge in [-0.1, -0.05) is 22.0 Å². The Morgan fingerprint density at radius 3 is 2.74 bits per heavy atom. The molecule has 1 fully saturated rings. The highest BCUT2D eigenvalue weighted by molar-refractivity contribution is 9.10. The highest BCUT2D eigenvalue weighted by atomic mass is 79.9. The Kier molecular flexibility index (Phi) is 4.16. The van der Waals surface area contributed by atoms with Gasteiger partial charge in [-0.2, -0.15) is 0 Å². The number of rotatable bonds is 4. The minimum Gasteiger partial charge on any atom is -0.468 e. The Morgan fingerprint density at radius 2 is 2.21 bits per heavy atom. The van der Waals surface area contributed by atoms with Crippen LogP contribution in [0.1, 0.15) is 5.56 Å². The van der Waals surface area contributed by atoms with Crippen molar-refractivity contribution in [3.63, 3.8) is 0 Å². The van der Waals surface area contributed by atoms with E-state index in [2.05, 4.69) is 39.9 Å². The smallest absolute Gasteiger partial charge is 0.318 e. The zero-order valence-electron chi connectivity index (χ0n) is 11.4. The molecule has 104 valence electrons. The summed E-state index contributed by atoms with van der Waals surface area (Å²) in [5, 5.41) is 0. The Bertz CT molecular complexity index is 486. The first-order valence-electron chi connectivity index (χ1n) is 6.12. The van der Waals surface area contributed by atoms with E-state index in [4.69, 9.17) is 9.47 Å². The van der Waals surface area contributed by atoms with Crippen molar-refractivity contribution < 1.29 is 14.3 Å². The summed E-state index contributed by atoms with van der Waals surface area (Å²) in [6.07, 6.45) is 0. The topological polar surface area (TPSA) is 38.8 Å². The van der Waals surface area contributed by atoms with Gasteiger partial charge in [-0.05, 0) is 24.6 Å². The molecule has 0 aromatic heterocycles. The number of hydrogen-bond acceptors (Lipinski definition) is 4. The first-order chi connectivity index (χ1) is 8.98. The standard InChI is InChI=1S/C14H18BrNO3/c1-10-4-5-11(15)6-12(10)16(2)7-14(8-19-9-14)13(17)18-3/h4-6H,7-9H2,1-3H3. The van der Waals surface area contributed by atoms with Gasteiger partial charge < -0.3 is 14.4 Å². The summed E-state index contributed by atoms with van der Waals surface area (Å²) in [5.41, 5.74) is 1.74. The summed E-state index contributed by atoms with van der Waals surface area (Å²) in [7, 11) is 3.41. The monoisotopic (exact) mass is 327 g/mol. The number of carbonyl (C=O) groups excluding carboxylic acids is 1. The molecule has 4 nitrogen and oxygen atoms in total. The van der Waals surface area contributed by atoms with Crippen molar-refractivity contribution in [3.8, 4) is 0 Å². The van der Waals surface area contributed by atoms with Crippen LogP contribution in [0.25, 0.3) is 0 Å². The maximum atomic E-state index is 11.9. The molecule has 0 saturated carbocycles. The molecule has 1 saturated heterocycles. The van der Waals surface area contributed by atoms with Crippen molar-refractivity contribution in [1.29, 1.82) is 0 Å². The molecule has 0 aliphatic carbocycles. The van der Waals surface area contributed by atoms with Gasteiger partial charge in [0.1, 0.15) is 5.41 Å². The van der Waals surface area contributed by atoms with Gasteiger partial charge in [0.05, 0.1) is 20.3 Å². The second-order valence-corrected chi connectivity index (χ2v) is 5.97. The van der Waals surface area contributed by atoms with Crippen LogP contribution < -0.4 is 4.90 Å². The van der Waals surface area contributed by atoms with Crippen LogP contribution in [0.4, 0.5) is 5.69 Å². The van der Waals surface area contributed by atoms with Crippen LogP contribution in [0.3, 0.4) is 0 Å². The third-order valence-electron chi connectivity index (χ3n) is 3.50. The van der Waals surface area contributed by atoms with Crippen LogP contribution >= 0.6 is 15.9 Å². The lowest BCUT2D eigenvalue weighted by Gasteiger charge is -2.41. The van der Waals surface area contributed by atoms with Crippen molar-refractivity contribution in [1.82, 2.24) is 0 Å². The van der Waals surface area contributed by atoms with E-state index in [1.165, 1.54) is 12.7 Å². The number of anilines is 1. The van der Waals surface area contributed by atoms with Gasteiger partial charge in [0.25, 0.3) is 0 Å². The molecule has 5 heteroatoms. The maximum Gasteiger partial charge on any atom is 0.318 e. The summed E-state index contributed by atoms with van der Waals surface area (Å²) in [6, 6.07) is 6.12. The number of halogens is 1. The minimum atomic E-state index is -0.530. The van der Waals surface area contributed by atoms with Crippen LogP contribution in [0.2, 0.25) is 0 Å². The lowest BCUT2D eigenvalue weighted by atomic mass is 9.85. The molecule has 0 N–H and O–H groups in total. The van der Waals surface area contributed by atoms with E-state index in [9.17, 15) is 4.79 Å². The van der Waals surface area contributed by atoms with Crippen LogP contribution in [0.15, 0.2) is 22.7 Å². The molecule has 2 rings (SSSR count). The quantitative estimate of drug-likeness (QED) is 0.796. The van der Waals surface area contributed by atoms with Gasteiger partial charge in [0.15, 0.2) is 0 Å². The van der Waals surface area contributed by atoms with Gasteiger partial charge in [-0.3, -0.25) is 4.79 Å². The lowest BCUT2D eigenvalue weighted by molar-refractivity contribution is -0.180. The summed E-state index contributed by atoms with van der Waals surface area (Å²) in [6.45, 7) is 3.51. The molecular formula is C14H18BrNO3. The Balaban J connectivity index is 2.18. The number of methoxy groups -OCH3 is 1. The number of hydrogen-bond donors (Lipinski definition) is 0. The Morgan fingerprint density at radius 1 is 1.53 bits per heavy atom. The van der Waals surface area contributed by atoms with Crippen molar-refractivity contribution in [3.05, 3.63) is 28.2 Å². The Hall–Kier alpha value is -1.07. The zero-order chi connectivity index (χ0) is 14.0. The molecule has 0 amide bonds. The summed E-state index contributed by atoms with van der Waals surface area (Å²) < 4.78 is 11.1. The highest BCUT2D eigenvalue weighted by Gasteiger charge is 2.48. The van der Waals surface area contributed by atoms with E-state index in [1.54, 1.807) is 0 Å². The van der Waals surface area contributed by atoms with Crippen LogP contribution in [-0.4, -0.2) is 39.9 Å². The first-order valence-corrected chi connectivity index (χ1v) is 6.91. The largest absolute Gasteiger partial charge is 0.468 e. The fraction of sp³-hybridized carbons (Fsp3) is 0.500. The third kappa shape index (κ3) is 2.77. The molecule has 0 radical (unpaired) electrons. The molecule has 1 aliphatic rings. The molecule has 0 atom stereocenters. The number of ether oxygens (including phenoxy) is 2. The summed E-state index contributed by atoms with van der Waals surface area (Å²) in [5.74, 6) is -0.196. The molecule has 1 heterocycles. The number of benzene rings is 1. The molecule has 0 spiro atoms. The van der Waals surface area contributed by atoms with Crippen LogP contribution in [0.5, 0.6) is 0 Å². The SMILES string of the molecule is COC(=O)C1(CN(C)c2cc(Br)ccc2C)COC1. The summed E-state index contributed by atoms with van der Waals surface area (Å²) in [4.78, 5) is 14.0. The second-order valence-electron chi connectivity index (χ2n) is 5.05. The molecule has 1 aromatic carbocycles.